The molecule has 0 saturated heterocycles. The van der Waals surface area contributed by atoms with Crippen molar-refractivity contribution in [2.75, 3.05) is 7.11 Å². The number of benzene rings is 1. The lowest BCUT2D eigenvalue weighted by Crippen LogP contribution is -1.99. The zero-order valence-corrected chi connectivity index (χ0v) is 8.91. The average Bonchev–Trinajstić information content (AvgIpc) is 2.20. The normalized spacial score (nSPS) is 12.2. The van der Waals surface area contributed by atoms with E-state index in [4.69, 9.17) is 4.74 Å². The molecule has 0 aliphatic heterocycles. The van der Waals surface area contributed by atoms with E-state index in [1.165, 1.54) is 0 Å². The lowest BCUT2D eigenvalue weighted by atomic mass is 9.96. The van der Waals surface area contributed by atoms with E-state index in [-0.39, 0.29) is 5.92 Å². The molecule has 0 aliphatic rings. The number of carbonyl (C=O) groups excluding carboxylic acids is 1. The first-order valence-electron chi connectivity index (χ1n) is 4.82. The second kappa shape index (κ2) is 4.80. The molecule has 0 amide bonds. The molecular formula is C12H16O2. The van der Waals surface area contributed by atoms with Crippen molar-refractivity contribution >= 4 is 6.29 Å². The van der Waals surface area contributed by atoms with Gasteiger partial charge in [0, 0.05) is 5.92 Å². The van der Waals surface area contributed by atoms with E-state index < -0.39 is 0 Å². The van der Waals surface area contributed by atoms with Gasteiger partial charge >= 0.3 is 0 Å². The number of aldehydes is 1. The molecule has 1 aromatic rings. The summed E-state index contributed by atoms with van der Waals surface area (Å²) in [6, 6.07) is 5.88. The van der Waals surface area contributed by atoms with Crippen molar-refractivity contribution in [3.8, 4) is 5.75 Å². The van der Waals surface area contributed by atoms with E-state index in [1.807, 2.05) is 32.0 Å². The van der Waals surface area contributed by atoms with Crippen LogP contribution in [0.5, 0.6) is 5.75 Å². The fourth-order valence-electron chi connectivity index (χ4n) is 1.54. The molecule has 0 radical (unpaired) electrons. The van der Waals surface area contributed by atoms with Crippen LogP contribution >= 0.6 is 0 Å². The van der Waals surface area contributed by atoms with Crippen molar-refractivity contribution in [1.82, 2.24) is 0 Å². The number of carbonyl (C=O) groups is 1. The van der Waals surface area contributed by atoms with Crippen molar-refractivity contribution in [3.63, 3.8) is 0 Å². The highest BCUT2D eigenvalue weighted by molar-refractivity contribution is 5.62. The number of rotatable bonds is 4. The van der Waals surface area contributed by atoms with Crippen molar-refractivity contribution < 1.29 is 9.53 Å². The van der Waals surface area contributed by atoms with E-state index >= 15 is 0 Å². The minimum absolute atomic E-state index is 0.0135. The van der Waals surface area contributed by atoms with Crippen LogP contribution in [-0.2, 0) is 4.79 Å². The summed E-state index contributed by atoms with van der Waals surface area (Å²) in [7, 11) is 1.65. The Morgan fingerprint density at radius 3 is 2.64 bits per heavy atom. The minimum Gasteiger partial charge on any atom is -0.496 e. The van der Waals surface area contributed by atoms with Gasteiger partial charge in [0.05, 0.1) is 7.11 Å². The number of hydrogen-bond acceptors (Lipinski definition) is 2. The second-order valence-corrected chi connectivity index (χ2v) is 3.38. The monoisotopic (exact) mass is 192 g/mol. The van der Waals surface area contributed by atoms with Gasteiger partial charge < -0.3 is 9.53 Å². The molecular weight excluding hydrogens is 176 g/mol. The Kier molecular flexibility index (Phi) is 3.69. The van der Waals surface area contributed by atoms with Gasteiger partial charge in [-0.05, 0) is 30.5 Å². The Morgan fingerprint density at radius 2 is 2.21 bits per heavy atom. The summed E-state index contributed by atoms with van der Waals surface area (Å²) in [6.45, 7) is 4.00. The third kappa shape index (κ3) is 2.13. The lowest BCUT2D eigenvalue weighted by Gasteiger charge is -2.10. The first kappa shape index (κ1) is 10.8. The van der Waals surface area contributed by atoms with Crippen molar-refractivity contribution in [2.24, 2.45) is 0 Å². The fourth-order valence-corrected chi connectivity index (χ4v) is 1.54. The quantitative estimate of drug-likeness (QED) is 0.685. The van der Waals surface area contributed by atoms with Crippen LogP contribution in [0.2, 0.25) is 0 Å². The van der Waals surface area contributed by atoms with E-state index in [9.17, 15) is 4.79 Å². The van der Waals surface area contributed by atoms with Crippen LogP contribution < -0.4 is 4.74 Å². The van der Waals surface area contributed by atoms with Crippen LogP contribution in [0.15, 0.2) is 18.2 Å². The van der Waals surface area contributed by atoms with Crippen LogP contribution in [0.25, 0.3) is 0 Å². The molecule has 1 atom stereocenters. The smallest absolute Gasteiger partial charge is 0.127 e. The minimum atomic E-state index is 0.0135. The molecule has 2 heteroatoms. The first-order valence-corrected chi connectivity index (χ1v) is 4.82. The largest absolute Gasteiger partial charge is 0.496 e. The van der Waals surface area contributed by atoms with Gasteiger partial charge in [-0.1, -0.05) is 19.1 Å². The molecule has 0 N–H and O–H groups in total. The first-order chi connectivity index (χ1) is 6.72. The molecule has 1 aromatic carbocycles. The molecule has 0 saturated carbocycles. The van der Waals surface area contributed by atoms with Crippen LogP contribution in [-0.4, -0.2) is 13.4 Å². The molecule has 0 heterocycles. The molecule has 14 heavy (non-hydrogen) atoms. The molecule has 0 fully saturated rings. The van der Waals surface area contributed by atoms with Crippen molar-refractivity contribution in [1.29, 1.82) is 0 Å². The SMILES string of the molecule is CCC(C=O)c1ccc(OC)c(C)c1. The number of methoxy groups -OCH3 is 1. The molecule has 2 nitrogen and oxygen atoms in total. The van der Waals surface area contributed by atoms with Crippen LogP contribution in [0.4, 0.5) is 0 Å². The van der Waals surface area contributed by atoms with Gasteiger partial charge in [0.25, 0.3) is 0 Å². The molecule has 0 aliphatic carbocycles. The highest BCUT2D eigenvalue weighted by Gasteiger charge is 2.09. The van der Waals surface area contributed by atoms with E-state index in [1.54, 1.807) is 7.11 Å². The zero-order valence-electron chi connectivity index (χ0n) is 8.91. The van der Waals surface area contributed by atoms with Crippen LogP contribution in [0.3, 0.4) is 0 Å². The second-order valence-electron chi connectivity index (χ2n) is 3.38. The predicted octanol–water partition coefficient (Wildman–Crippen LogP) is 2.70. The van der Waals surface area contributed by atoms with Gasteiger partial charge in [0.1, 0.15) is 12.0 Å². The van der Waals surface area contributed by atoms with Gasteiger partial charge in [-0.15, -0.1) is 0 Å². The Hall–Kier alpha value is -1.31. The summed E-state index contributed by atoms with van der Waals surface area (Å²) < 4.78 is 5.16. The summed E-state index contributed by atoms with van der Waals surface area (Å²) >= 11 is 0. The third-order valence-corrected chi connectivity index (χ3v) is 2.45. The highest BCUT2D eigenvalue weighted by Crippen LogP contribution is 2.24. The summed E-state index contributed by atoms with van der Waals surface area (Å²) in [4.78, 5) is 10.8. The summed E-state index contributed by atoms with van der Waals surface area (Å²) in [5.41, 5.74) is 2.14. The highest BCUT2D eigenvalue weighted by atomic mass is 16.5. The topological polar surface area (TPSA) is 26.3 Å². The lowest BCUT2D eigenvalue weighted by molar-refractivity contribution is -0.109. The van der Waals surface area contributed by atoms with Crippen LogP contribution in [0, 0.1) is 6.92 Å². The molecule has 0 spiro atoms. The Balaban J connectivity index is 3.01. The zero-order chi connectivity index (χ0) is 10.6. The van der Waals surface area contributed by atoms with Gasteiger partial charge in [-0.25, -0.2) is 0 Å². The summed E-state index contributed by atoms with van der Waals surface area (Å²) in [5, 5.41) is 0. The molecule has 76 valence electrons. The van der Waals surface area contributed by atoms with Crippen LogP contribution in [0.1, 0.15) is 30.4 Å². The Morgan fingerprint density at radius 1 is 1.50 bits per heavy atom. The predicted molar refractivity (Wildman–Crippen MR) is 56.8 cm³/mol. The maximum Gasteiger partial charge on any atom is 0.127 e. The Bertz CT molecular complexity index is 318. The fraction of sp³-hybridized carbons (Fsp3) is 0.417. The van der Waals surface area contributed by atoms with Gasteiger partial charge in [-0.2, -0.15) is 0 Å². The van der Waals surface area contributed by atoms with Gasteiger partial charge in [-0.3, -0.25) is 0 Å². The number of hydrogen-bond donors (Lipinski definition) is 0. The summed E-state index contributed by atoms with van der Waals surface area (Å²) in [5.74, 6) is 0.883. The molecule has 1 unspecified atom stereocenters. The Labute approximate surface area is 84.9 Å². The molecule has 0 aromatic heterocycles. The maximum atomic E-state index is 10.8. The van der Waals surface area contributed by atoms with E-state index in [0.717, 1.165) is 29.6 Å². The number of ether oxygens (including phenoxy) is 1. The molecule has 0 bridgehead atoms. The summed E-state index contributed by atoms with van der Waals surface area (Å²) in [6.07, 6.45) is 1.84. The van der Waals surface area contributed by atoms with Gasteiger partial charge in [0.15, 0.2) is 0 Å². The third-order valence-electron chi connectivity index (χ3n) is 2.45. The van der Waals surface area contributed by atoms with Crippen molar-refractivity contribution in [3.05, 3.63) is 29.3 Å². The average molecular weight is 192 g/mol. The number of aryl methyl sites for hydroxylation is 1. The van der Waals surface area contributed by atoms with Gasteiger partial charge in [0.2, 0.25) is 0 Å². The van der Waals surface area contributed by atoms with E-state index in [2.05, 4.69) is 0 Å². The maximum absolute atomic E-state index is 10.8. The van der Waals surface area contributed by atoms with Crippen molar-refractivity contribution in [2.45, 2.75) is 26.2 Å². The molecule has 1 rings (SSSR count). The standard InChI is InChI=1S/C12H16O2/c1-4-10(8-13)11-5-6-12(14-3)9(2)7-11/h5-8,10H,4H2,1-3H3. The van der Waals surface area contributed by atoms with E-state index in [0.29, 0.717) is 0 Å².